The van der Waals surface area contributed by atoms with Gasteiger partial charge in [0.05, 0.1) is 23.4 Å². The molecule has 0 N–H and O–H groups in total. The smallest absolute Gasteiger partial charge is 0.399 e. The van der Waals surface area contributed by atoms with Crippen molar-refractivity contribution in [2.75, 3.05) is 18.0 Å². The fourth-order valence-corrected chi connectivity index (χ4v) is 3.10. The lowest BCUT2D eigenvalue weighted by molar-refractivity contribution is -0.00545. The zero-order valence-electron chi connectivity index (χ0n) is 15.0. The summed E-state index contributed by atoms with van der Waals surface area (Å²) in [5, 5.41) is 0. The van der Waals surface area contributed by atoms with Crippen molar-refractivity contribution in [3.8, 4) is 0 Å². The molecule has 2 aliphatic heterocycles. The summed E-state index contributed by atoms with van der Waals surface area (Å²) in [5.74, 6) is 0.958. The van der Waals surface area contributed by atoms with Crippen LogP contribution < -0.4 is 10.4 Å². The lowest BCUT2D eigenvalue weighted by Crippen LogP contribution is -2.46. The highest BCUT2D eigenvalue weighted by molar-refractivity contribution is 6.62. The summed E-state index contributed by atoms with van der Waals surface area (Å²) in [6.45, 7) is 14.2. The number of anilines is 1. The third kappa shape index (κ3) is 3.25. The van der Waals surface area contributed by atoms with Gasteiger partial charge in [-0.05, 0) is 59.1 Å². The van der Waals surface area contributed by atoms with Gasteiger partial charge in [0.1, 0.15) is 5.82 Å². The Morgan fingerprint density at radius 3 is 2.22 bits per heavy atom. The first-order valence-electron chi connectivity index (χ1n) is 8.40. The highest BCUT2D eigenvalue weighted by atomic mass is 16.7. The second-order valence-electron chi connectivity index (χ2n) is 7.70. The maximum Gasteiger partial charge on any atom is 0.495 e. The van der Waals surface area contributed by atoms with Crippen molar-refractivity contribution in [2.24, 2.45) is 0 Å². The number of ether oxygens (including phenoxy) is 1. The van der Waals surface area contributed by atoms with E-state index in [1.165, 1.54) is 0 Å². The number of pyridine rings is 1. The summed E-state index contributed by atoms with van der Waals surface area (Å²) in [5.41, 5.74) is 0.354. The predicted octanol–water partition coefficient (Wildman–Crippen LogP) is 1.99. The Morgan fingerprint density at radius 2 is 1.65 bits per heavy atom. The molecule has 126 valence electrons. The number of rotatable bonds is 2. The Morgan fingerprint density at radius 1 is 1.09 bits per heavy atom. The van der Waals surface area contributed by atoms with Crippen LogP contribution in [0.3, 0.4) is 0 Å². The maximum atomic E-state index is 6.14. The van der Waals surface area contributed by atoms with Gasteiger partial charge in [0.2, 0.25) is 0 Å². The molecule has 0 unspecified atom stereocenters. The SMILES string of the molecule is C[C@@H]1CN(c2cc(B3OC(C)(C)C(C)(C)O3)ccn2)C[C@H](C)O1. The maximum absolute atomic E-state index is 6.14. The van der Waals surface area contributed by atoms with Gasteiger partial charge in [-0.1, -0.05) is 0 Å². The number of hydrogen-bond acceptors (Lipinski definition) is 5. The molecule has 1 aromatic heterocycles. The van der Waals surface area contributed by atoms with Crippen LogP contribution in [0.25, 0.3) is 0 Å². The first kappa shape index (κ1) is 16.7. The molecule has 6 heteroatoms. The van der Waals surface area contributed by atoms with Gasteiger partial charge in [-0.3, -0.25) is 0 Å². The van der Waals surface area contributed by atoms with E-state index < -0.39 is 0 Å². The Kier molecular flexibility index (Phi) is 4.19. The van der Waals surface area contributed by atoms with Crippen LogP contribution >= 0.6 is 0 Å². The van der Waals surface area contributed by atoms with E-state index in [0.29, 0.717) is 0 Å². The lowest BCUT2D eigenvalue weighted by atomic mass is 9.79. The van der Waals surface area contributed by atoms with Crippen molar-refractivity contribution in [3.63, 3.8) is 0 Å². The van der Waals surface area contributed by atoms with Crippen LogP contribution in [0.2, 0.25) is 0 Å². The van der Waals surface area contributed by atoms with Gasteiger partial charge >= 0.3 is 7.12 Å². The molecule has 0 radical (unpaired) electrons. The molecule has 0 saturated carbocycles. The summed E-state index contributed by atoms with van der Waals surface area (Å²) in [6, 6.07) is 4.05. The fourth-order valence-electron chi connectivity index (χ4n) is 3.10. The highest BCUT2D eigenvalue weighted by Gasteiger charge is 2.51. The third-order valence-corrected chi connectivity index (χ3v) is 5.04. The van der Waals surface area contributed by atoms with Crippen molar-refractivity contribution in [1.82, 2.24) is 4.98 Å². The van der Waals surface area contributed by atoms with Gasteiger partial charge in [-0.25, -0.2) is 4.98 Å². The summed E-state index contributed by atoms with van der Waals surface area (Å²) in [7, 11) is -0.349. The molecule has 2 fully saturated rings. The van der Waals surface area contributed by atoms with Gasteiger partial charge in [0.15, 0.2) is 0 Å². The largest absolute Gasteiger partial charge is 0.495 e. The predicted molar refractivity (Wildman–Crippen MR) is 92.2 cm³/mol. The lowest BCUT2D eigenvalue weighted by Gasteiger charge is -2.36. The molecule has 0 amide bonds. The van der Waals surface area contributed by atoms with Crippen molar-refractivity contribution in [2.45, 2.75) is 65.0 Å². The number of morpholine rings is 1. The molecule has 0 bridgehead atoms. The first-order chi connectivity index (χ1) is 10.7. The summed E-state index contributed by atoms with van der Waals surface area (Å²) in [4.78, 5) is 6.81. The molecule has 3 heterocycles. The van der Waals surface area contributed by atoms with Crippen LogP contribution in [0.15, 0.2) is 18.3 Å². The van der Waals surface area contributed by atoms with E-state index in [2.05, 4.69) is 57.5 Å². The minimum Gasteiger partial charge on any atom is -0.399 e. The Balaban J connectivity index is 1.81. The van der Waals surface area contributed by atoms with Crippen molar-refractivity contribution in [3.05, 3.63) is 18.3 Å². The van der Waals surface area contributed by atoms with E-state index in [1.54, 1.807) is 0 Å². The molecule has 23 heavy (non-hydrogen) atoms. The van der Waals surface area contributed by atoms with Crippen LogP contribution in [0, 0.1) is 0 Å². The number of aromatic nitrogens is 1. The van der Waals surface area contributed by atoms with Crippen molar-refractivity contribution < 1.29 is 14.0 Å². The van der Waals surface area contributed by atoms with E-state index in [-0.39, 0.29) is 30.5 Å². The van der Waals surface area contributed by atoms with Crippen LogP contribution in [-0.2, 0) is 14.0 Å². The topological polar surface area (TPSA) is 43.8 Å². The summed E-state index contributed by atoms with van der Waals surface area (Å²) in [6.07, 6.45) is 2.25. The van der Waals surface area contributed by atoms with Gasteiger partial charge < -0.3 is 18.9 Å². The fraction of sp³-hybridized carbons (Fsp3) is 0.706. The van der Waals surface area contributed by atoms with Crippen LogP contribution in [0.4, 0.5) is 5.82 Å². The van der Waals surface area contributed by atoms with Crippen LogP contribution in [0.5, 0.6) is 0 Å². The quantitative estimate of drug-likeness (QED) is 0.780. The molecular weight excluding hydrogens is 291 g/mol. The van der Waals surface area contributed by atoms with Crippen molar-refractivity contribution >= 4 is 18.4 Å². The molecule has 0 spiro atoms. The molecule has 2 saturated heterocycles. The van der Waals surface area contributed by atoms with E-state index in [1.807, 2.05) is 12.3 Å². The summed E-state index contributed by atoms with van der Waals surface area (Å²) < 4.78 is 18.1. The molecule has 0 aliphatic carbocycles. The molecule has 3 rings (SSSR count). The van der Waals surface area contributed by atoms with Gasteiger partial charge in [0.25, 0.3) is 0 Å². The van der Waals surface area contributed by atoms with Gasteiger partial charge in [-0.2, -0.15) is 0 Å². The second-order valence-corrected chi connectivity index (χ2v) is 7.70. The molecule has 5 nitrogen and oxygen atoms in total. The zero-order chi connectivity index (χ0) is 16.8. The molecule has 2 atom stereocenters. The Labute approximate surface area is 139 Å². The standard InChI is InChI=1S/C17H27BN2O3/c1-12-10-20(11-13(2)21-12)15-9-14(7-8-19-15)18-22-16(3,4)17(5,6)23-18/h7-9,12-13H,10-11H2,1-6H3/t12-,13+. The molecule has 2 aliphatic rings. The zero-order valence-corrected chi connectivity index (χ0v) is 15.0. The van der Waals surface area contributed by atoms with Gasteiger partial charge in [-0.15, -0.1) is 0 Å². The minimum absolute atomic E-state index is 0.209. The van der Waals surface area contributed by atoms with E-state index in [0.717, 1.165) is 24.4 Å². The van der Waals surface area contributed by atoms with Crippen LogP contribution in [-0.4, -0.2) is 48.6 Å². The first-order valence-corrected chi connectivity index (χ1v) is 8.40. The Hall–Kier alpha value is -1.11. The minimum atomic E-state index is -0.349. The highest BCUT2D eigenvalue weighted by Crippen LogP contribution is 2.36. The number of hydrogen-bond donors (Lipinski definition) is 0. The average molecular weight is 318 g/mol. The van der Waals surface area contributed by atoms with Crippen LogP contribution in [0.1, 0.15) is 41.5 Å². The average Bonchev–Trinajstić information content (AvgIpc) is 2.67. The van der Waals surface area contributed by atoms with E-state index in [9.17, 15) is 0 Å². The van der Waals surface area contributed by atoms with E-state index >= 15 is 0 Å². The van der Waals surface area contributed by atoms with E-state index in [4.69, 9.17) is 14.0 Å². The third-order valence-electron chi connectivity index (χ3n) is 5.04. The monoisotopic (exact) mass is 318 g/mol. The molecule has 1 aromatic rings. The molecular formula is C17H27BN2O3. The van der Waals surface area contributed by atoms with Crippen molar-refractivity contribution in [1.29, 1.82) is 0 Å². The molecule has 0 aromatic carbocycles. The second kappa shape index (κ2) is 5.76. The Bertz CT molecular complexity index is 553. The normalized spacial score (nSPS) is 29.8. The number of nitrogens with zero attached hydrogens (tertiary/aromatic N) is 2. The summed E-state index contributed by atoms with van der Waals surface area (Å²) >= 11 is 0. The van der Waals surface area contributed by atoms with Gasteiger partial charge in [0, 0.05) is 19.3 Å².